The number of rotatable bonds is 3. The van der Waals surface area contributed by atoms with Crippen molar-refractivity contribution in [3.05, 3.63) is 38.3 Å². The van der Waals surface area contributed by atoms with Crippen LogP contribution in [0.15, 0.2) is 15.7 Å². The molecule has 0 radical (unpaired) electrons. The van der Waals surface area contributed by atoms with Crippen molar-refractivity contribution in [1.29, 1.82) is 0 Å². The largest absolute Gasteiger partial charge is 0.368 e. The summed E-state index contributed by atoms with van der Waals surface area (Å²) in [6.45, 7) is 3.88. The van der Waals surface area contributed by atoms with Crippen LogP contribution in [0, 0.1) is 24.1 Å². The second-order valence-corrected chi connectivity index (χ2v) is 8.46. The summed E-state index contributed by atoms with van der Waals surface area (Å²) in [5.74, 6) is 5.60. The van der Waals surface area contributed by atoms with Gasteiger partial charge < -0.3 is 16.5 Å². The average molecular weight is 410 g/mol. The maximum atomic E-state index is 15.1. The van der Waals surface area contributed by atoms with Crippen LogP contribution < -0.4 is 27.7 Å². The fourth-order valence-corrected chi connectivity index (χ4v) is 4.97. The van der Waals surface area contributed by atoms with Crippen LogP contribution in [0.25, 0.3) is 10.9 Å². The number of hydrogen-bond donors (Lipinski definition) is 2. The van der Waals surface area contributed by atoms with E-state index in [0.29, 0.717) is 40.5 Å². The quantitative estimate of drug-likeness (QED) is 0.743. The molecule has 4 N–H and O–H groups in total. The lowest BCUT2D eigenvalue weighted by atomic mass is 9.93. The van der Waals surface area contributed by atoms with E-state index in [-0.39, 0.29) is 29.3 Å². The lowest BCUT2D eigenvalue weighted by Crippen LogP contribution is -2.44. The Morgan fingerprint density at radius 1 is 1.29 bits per heavy atom. The molecule has 0 bridgehead atoms. The lowest BCUT2D eigenvalue weighted by molar-refractivity contribution is 0.407. The van der Waals surface area contributed by atoms with E-state index in [2.05, 4.69) is 4.90 Å². The third-order valence-corrected chi connectivity index (χ3v) is 6.78. The van der Waals surface area contributed by atoms with E-state index in [1.54, 1.807) is 11.5 Å². The first-order valence-electron chi connectivity index (χ1n) is 9.58. The topological polar surface area (TPSA) is 99.3 Å². The number of aryl methyl sites for hydroxylation is 1. The monoisotopic (exact) mass is 409 g/mol. The van der Waals surface area contributed by atoms with E-state index < -0.39 is 17.1 Å². The van der Waals surface area contributed by atoms with Gasteiger partial charge in [-0.05, 0) is 56.6 Å². The molecule has 152 valence electrons. The number of halogens is 2. The molecule has 1 aromatic heterocycles. The number of anilines is 1. The Kier molecular flexibility index (Phi) is 4.28. The van der Waals surface area contributed by atoms with Gasteiger partial charge >= 0.3 is 5.69 Å². The molecule has 1 aliphatic heterocycles. The zero-order valence-corrected chi connectivity index (χ0v) is 16.6. The fraction of sp³-hybridized carbons (Fsp3) is 0.579. The molecule has 1 atom stereocenters. The van der Waals surface area contributed by atoms with E-state index in [9.17, 15) is 9.59 Å². The molecule has 7 nitrogen and oxygen atoms in total. The highest BCUT2D eigenvalue weighted by molar-refractivity contribution is 5.87. The van der Waals surface area contributed by atoms with Crippen LogP contribution in [0.1, 0.15) is 37.3 Å². The van der Waals surface area contributed by atoms with Crippen molar-refractivity contribution in [2.45, 2.75) is 38.6 Å². The second-order valence-electron chi connectivity index (χ2n) is 8.46. The van der Waals surface area contributed by atoms with Crippen LogP contribution in [0.4, 0.5) is 10.1 Å². The van der Waals surface area contributed by atoms with Crippen LogP contribution in [0.3, 0.4) is 0 Å². The Labute approximate surface area is 167 Å². The lowest BCUT2D eigenvalue weighted by Gasteiger charge is -2.24. The molecule has 1 unspecified atom stereocenters. The van der Waals surface area contributed by atoms with Crippen LogP contribution >= 0.6 is 12.4 Å². The highest BCUT2D eigenvalue weighted by atomic mass is 35.5. The minimum atomic E-state index is -0.652. The maximum Gasteiger partial charge on any atom is 0.350 e. The van der Waals surface area contributed by atoms with Gasteiger partial charge in [0.1, 0.15) is 5.82 Å². The van der Waals surface area contributed by atoms with Gasteiger partial charge in [-0.25, -0.2) is 9.18 Å². The Morgan fingerprint density at radius 2 is 1.96 bits per heavy atom. The predicted molar refractivity (Wildman–Crippen MR) is 109 cm³/mol. The molecule has 3 aliphatic rings. The Balaban J connectivity index is 0.00000192. The highest BCUT2D eigenvalue weighted by Crippen LogP contribution is 2.57. The summed E-state index contributed by atoms with van der Waals surface area (Å²) in [4.78, 5) is 27.2. The SMILES string of the molecule is Cc1c(N2CC(CN)C3(CC3)C2)c(F)cc2c(=O)n(N)c(=O)n(C3CC3)c12.Cl. The molecule has 5 rings (SSSR count). The first kappa shape index (κ1) is 19.3. The van der Waals surface area contributed by atoms with Crippen LogP contribution in [0.5, 0.6) is 0 Å². The molecule has 2 heterocycles. The van der Waals surface area contributed by atoms with Gasteiger partial charge in [-0.15, -0.1) is 12.4 Å². The van der Waals surface area contributed by atoms with Crippen molar-refractivity contribution in [2.24, 2.45) is 17.1 Å². The van der Waals surface area contributed by atoms with Gasteiger partial charge in [-0.2, -0.15) is 4.68 Å². The van der Waals surface area contributed by atoms with Gasteiger partial charge in [-0.1, -0.05) is 0 Å². The molecule has 1 spiro atoms. The Hall–Kier alpha value is -2.06. The van der Waals surface area contributed by atoms with Gasteiger partial charge in [-0.3, -0.25) is 9.36 Å². The smallest absolute Gasteiger partial charge is 0.350 e. The molecular formula is C19H25ClFN5O2. The van der Waals surface area contributed by atoms with Gasteiger partial charge in [0.15, 0.2) is 0 Å². The van der Waals surface area contributed by atoms with E-state index in [0.717, 1.165) is 32.2 Å². The van der Waals surface area contributed by atoms with Crippen molar-refractivity contribution >= 4 is 29.0 Å². The summed E-state index contributed by atoms with van der Waals surface area (Å²) in [6, 6.07) is 1.27. The summed E-state index contributed by atoms with van der Waals surface area (Å²) in [7, 11) is 0. The third-order valence-electron chi connectivity index (χ3n) is 6.78. The number of fused-ring (bicyclic) bond motifs is 1. The van der Waals surface area contributed by atoms with Gasteiger partial charge in [0, 0.05) is 24.7 Å². The molecule has 2 aromatic rings. The van der Waals surface area contributed by atoms with Crippen molar-refractivity contribution in [2.75, 3.05) is 30.4 Å². The second kappa shape index (κ2) is 6.22. The first-order chi connectivity index (χ1) is 12.9. The molecule has 2 saturated carbocycles. The predicted octanol–water partition coefficient (Wildman–Crippen LogP) is 1.26. The molecule has 1 saturated heterocycles. The number of nitrogens with zero attached hydrogens (tertiary/aromatic N) is 3. The van der Waals surface area contributed by atoms with Gasteiger partial charge in [0.25, 0.3) is 5.56 Å². The number of nitrogen functional groups attached to an aromatic ring is 1. The van der Waals surface area contributed by atoms with Crippen LogP contribution in [0.2, 0.25) is 0 Å². The molecule has 9 heteroatoms. The summed E-state index contributed by atoms with van der Waals surface area (Å²) < 4.78 is 17.3. The average Bonchev–Trinajstić information content (AvgIpc) is 3.54. The molecule has 3 fully saturated rings. The maximum absolute atomic E-state index is 15.1. The zero-order chi connectivity index (χ0) is 19.1. The number of nitrogens with two attached hydrogens (primary N) is 2. The van der Waals surface area contributed by atoms with Crippen molar-refractivity contribution < 1.29 is 4.39 Å². The summed E-state index contributed by atoms with van der Waals surface area (Å²) in [5, 5.41) is 0.165. The summed E-state index contributed by atoms with van der Waals surface area (Å²) >= 11 is 0. The number of aromatic nitrogens is 2. The van der Waals surface area contributed by atoms with Crippen LogP contribution in [-0.2, 0) is 0 Å². The van der Waals surface area contributed by atoms with E-state index in [1.807, 2.05) is 0 Å². The van der Waals surface area contributed by atoms with Crippen molar-refractivity contribution in [3.63, 3.8) is 0 Å². The molecule has 2 aliphatic carbocycles. The summed E-state index contributed by atoms with van der Waals surface area (Å²) in [5.41, 5.74) is 6.64. The minimum absolute atomic E-state index is 0. The minimum Gasteiger partial charge on any atom is -0.368 e. The first-order valence-corrected chi connectivity index (χ1v) is 9.58. The van der Waals surface area contributed by atoms with Crippen molar-refractivity contribution in [1.82, 2.24) is 9.24 Å². The molecule has 28 heavy (non-hydrogen) atoms. The molecule has 0 amide bonds. The Morgan fingerprint density at radius 3 is 2.50 bits per heavy atom. The molecule has 1 aromatic carbocycles. The normalized spacial score (nSPS) is 22.7. The highest BCUT2D eigenvalue weighted by Gasteiger charge is 2.54. The van der Waals surface area contributed by atoms with E-state index >= 15 is 4.39 Å². The van der Waals surface area contributed by atoms with Crippen molar-refractivity contribution in [3.8, 4) is 0 Å². The van der Waals surface area contributed by atoms with Gasteiger partial charge in [0.05, 0.1) is 16.6 Å². The standard InChI is InChI=1S/C19H24FN5O2.ClH/c1-10-15-13(17(26)25(22)18(27)24(15)12-2-3-12)6-14(20)16(10)23-8-11(7-21)19(9-23)4-5-19;/h6,11-12H,2-5,7-9,21-22H2,1H3;1H. The van der Waals surface area contributed by atoms with Crippen LogP contribution in [-0.4, -0.2) is 28.9 Å². The van der Waals surface area contributed by atoms with Gasteiger partial charge in [0.2, 0.25) is 0 Å². The summed E-state index contributed by atoms with van der Waals surface area (Å²) in [6.07, 6.45) is 3.98. The van der Waals surface area contributed by atoms with E-state index in [4.69, 9.17) is 11.6 Å². The number of benzene rings is 1. The fourth-order valence-electron chi connectivity index (χ4n) is 4.97. The zero-order valence-electron chi connectivity index (χ0n) is 15.8. The van der Waals surface area contributed by atoms with E-state index in [1.165, 1.54) is 6.07 Å². The third kappa shape index (κ3) is 2.50. The molecular weight excluding hydrogens is 385 g/mol. The Bertz CT molecular complexity index is 1090. The number of hydrogen-bond acceptors (Lipinski definition) is 5.